The molecule has 0 fully saturated rings. The zero-order valence-corrected chi connectivity index (χ0v) is 18.2. The van der Waals surface area contributed by atoms with Gasteiger partial charge in [-0.1, -0.05) is 6.07 Å². The van der Waals surface area contributed by atoms with E-state index in [1.54, 1.807) is 24.4 Å². The van der Waals surface area contributed by atoms with E-state index in [9.17, 15) is 14.9 Å². The van der Waals surface area contributed by atoms with Gasteiger partial charge in [0.2, 0.25) is 0 Å². The van der Waals surface area contributed by atoms with Crippen molar-refractivity contribution in [2.45, 2.75) is 26.4 Å². The van der Waals surface area contributed by atoms with E-state index < -0.39 is 10.5 Å². The molecule has 9 heteroatoms. The molecule has 0 radical (unpaired) electrons. The van der Waals surface area contributed by atoms with Gasteiger partial charge in [-0.05, 0) is 45.1 Å². The Morgan fingerprint density at radius 1 is 1.33 bits per heavy atom. The zero-order valence-electron chi connectivity index (χ0n) is 17.3. The maximum atomic E-state index is 12.7. The third-order valence-electron chi connectivity index (χ3n) is 5.11. The number of fused-ring (bicyclic) bond motifs is 1. The molecule has 2 aromatic rings. The molecule has 8 nitrogen and oxygen atoms in total. The van der Waals surface area contributed by atoms with Crippen LogP contribution in [-0.2, 0) is 0 Å². The number of nitro benzene ring substituents is 1. The number of nitrogens with one attached hydrogen (secondary N) is 1. The first-order valence-electron chi connectivity index (χ1n) is 9.54. The smallest absolute Gasteiger partial charge is 0.270 e. The monoisotopic (exact) mass is 428 g/mol. The normalized spacial score (nSPS) is 14.5. The van der Waals surface area contributed by atoms with E-state index in [0.717, 1.165) is 12.1 Å². The quantitative estimate of drug-likeness (QED) is 0.445. The number of hydrogen-bond donors (Lipinski definition) is 1. The molecule has 1 N–H and O–H groups in total. The molecule has 2 heterocycles. The summed E-state index contributed by atoms with van der Waals surface area (Å²) in [4.78, 5) is 25.5. The second-order valence-electron chi connectivity index (χ2n) is 7.46. The van der Waals surface area contributed by atoms with Crippen LogP contribution in [0.15, 0.2) is 53.0 Å². The second-order valence-corrected chi connectivity index (χ2v) is 7.85. The number of nitro groups is 1. The van der Waals surface area contributed by atoms with Crippen LogP contribution in [0.1, 0.15) is 26.3 Å². The van der Waals surface area contributed by atoms with E-state index in [2.05, 4.69) is 5.32 Å². The third-order valence-corrected chi connectivity index (χ3v) is 5.56. The van der Waals surface area contributed by atoms with Crippen molar-refractivity contribution in [3.8, 4) is 5.75 Å². The van der Waals surface area contributed by atoms with Crippen molar-refractivity contribution in [1.82, 2.24) is 14.8 Å². The Hall–Kier alpha value is -3.20. The van der Waals surface area contributed by atoms with Gasteiger partial charge in [0, 0.05) is 55.7 Å². The van der Waals surface area contributed by atoms with Crippen LogP contribution in [0, 0.1) is 10.1 Å². The summed E-state index contributed by atoms with van der Waals surface area (Å²) in [6.07, 6.45) is 1.65. The highest BCUT2D eigenvalue weighted by atomic mass is 32.1. The second kappa shape index (κ2) is 8.27. The number of hydrogen-bond acceptors (Lipinski definition) is 5. The van der Waals surface area contributed by atoms with E-state index in [4.69, 9.17) is 17.0 Å². The van der Waals surface area contributed by atoms with Gasteiger partial charge in [0.05, 0.1) is 10.6 Å². The number of rotatable bonds is 5. The standard InChI is InChI=1S/C21H24N4O4S/c1-5-23(4)20(30)22-13-16-19(24-11-7-6-8-18(24)26)15-12-14(25(27)28)9-10-17(15)29-21(16,2)3/h6-12H,5,13H2,1-4H3,(H,22,30). The number of ether oxygens (including phenoxy) is 1. The summed E-state index contributed by atoms with van der Waals surface area (Å²) in [6, 6.07) is 9.26. The topological polar surface area (TPSA) is 89.6 Å². The van der Waals surface area contributed by atoms with Crippen LogP contribution in [0.4, 0.5) is 5.69 Å². The van der Waals surface area contributed by atoms with Gasteiger partial charge >= 0.3 is 0 Å². The van der Waals surface area contributed by atoms with Crippen LogP contribution in [0.2, 0.25) is 0 Å². The van der Waals surface area contributed by atoms with Gasteiger partial charge in [-0.25, -0.2) is 0 Å². The van der Waals surface area contributed by atoms with Crippen molar-refractivity contribution in [3.63, 3.8) is 0 Å². The molecule has 0 atom stereocenters. The van der Waals surface area contributed by atoms with E-state index in [1.165, 1.54) is 22.8 Å². The van der Waals surface area contributed by atoms with Crippen LogP contribution in [0.25, 0.3) is 5.70 Å². The lowest BCUT2D eigenvalue weighted by Crippen LogP contribution is -2.44. The first kappa shape index (κ1) is 21.5. The minimum atomic E-state index is -0.777. The van der Waals surface area contributed by atoms with Crippen LogP contribution in [0.3, 0.4) is 0 Å². The van der Waals surface area contributed by atoms with Gasteiger partial charge in [0.15, 0.2) is 5.11 Å². The molecule has 0 amide bonds. The van der Waals surface area contributed by atoms with Crippen molar-refractivity contribution in [1.29, 1.82) is 0 Å². The Balaban J connectivity index is 2.24. The van der Waals surface area contributed by atoms with Gasteiger partial charge in [0.25, 0.3) is 11.2 Å². The molecule has 158 valence electrons. The first-order chi connectivity index (χ1) is 14.2. The lowest BCUT2D eigenvalue weighted by Gasteiger charge is -2.37. The lowest BCUT2D eigenvalue weighted by molar-refractivity contribution is -0.384. The number of benzene rings is 1. The van der Waals surface area contributed by atoms with Crippen molar-refractivity contribution < 1.29 is 9.66 Å². The maximum Gasteiger partial charge on any atom is 0.270 e. The van der Waals surface area contributed by atoms with Crippen molar-refractivity contribution in [3.05, 3.63) is 74.2 Å². The molecule has 3 rings (SSSR count). The van der Waals surface area contributed by atoms with Gasteiger partial charge in [-0.3, -0.25) is 19.5 Å². The first-order valence-corrected chi connectivity index (χ1v) is 9.95. The van der Waals surface area contributed by atoms with Gasteiger partial charge in [-0.15, -0.1) is 0 Å². The van der Waals surface area contributed by atoms with Crippen molar-refractivity contribution in [2.75, 3.05) is 20.1 Å². The van der Waals surface area contributed by atoms with Crippen LogP contribution in [-0.4, -0.2) is 45.2 Å². The number of nitrogens with zero attached hydrogens (tertiary/aromatic N) is 3. The fourth-order valence-corrected chi connectivity index (χ4v) is 3.52. The maximum absolute atomic E-state index is 12.7. The molecule has 0 unspecified atom stereocenters. The van der Waals surface area contributed by atoms with E-state index in [-0.39, 0.29) is 11.2 Å². The molecule has 1 aromatic heterocycles. The van der Waals surface area contributed by atoms with Gasteiger partial charge in [-0.2, -0.15) is 0 Å². The fourth-order valence-electron chi connectivity index (χ4n) is 3.32. The highest BCUT2D eigenvalue weighted by molar-refractivity contribution is 7.80. The Morgan fingerprint density at radius 2 is 2.07 bits per heavy atom. The largest absolute Gasteiger partial charge is 0.483 e. The molecule has 0 aliphatic carbocycles. The fraction of sp³-hybridized carbons (Fsp3) is 0.333. The number of non-ortho nitro benzene ring substituents is 1. The minimum absolute atomic E-state index is 0.0768. The molecule has 1 aliphatic heterocycles. The molecule has 0 saturated heterocycles. The number of pyridine rings is 1. The Kier molecular flexibility index (Phi) is 5.93. The summed E-state index contributed by atoms with van der Waals surface area (Å²) < 4.78 is 7.68. The van der Waals surface area contributed by atoms with E-state index in [1.807, 2.05) is 32.7 Å². The minimum Gasteiger partial charge on any atom is -0.483 e. The van der Waals surface area contributed by atoms with Crippen molar-refractivity contribution >= 4 is 28.7 Å². The van der Waals surface area contributed by atoms with Crippen LogP contribution < -0.4 is 15.6 Å². The highest BCUT2D eigenvalue weighted by Crippen LogP contribution is 2.42. The molecule has 30 heavy (non-hydrogen) atoms. The Labute approximate surface area is 179 Å². The predicted octanol–water partition coefficient (Wildman–Crippen LogP) is 3.01. The van der Waals surface area contributed by atoms with Crippen LogP contribution >= 0.6 is 12.2 Å². The lowest BCUT2D eigenvalue weighted by atomic mass is 9.89. The van der Waals surface area contributed by atoms with E-state index in [0.29, 0.717) is 28.7 Å². The summed E-state index contributed by atoms with van der Waals surface area (Å²) in [5, 5.41) is 15.2. The number of aromatic nitrogens is 1. The van der Waals surface area contributed by atoms with Crippen molar-refractivity contribution in [2.24, 2.45) is 0 Å². The summed E-state index contributed by atoms with van der Waals surface area (Å²) in [5.41, 5.74) is 0.714. The SMILES string of the molecule is CCN(C)C(=S)NCC1=C(n2ccccc2=O)c2cc([N+](=O)[O-])ccc2OC1(C)C. The summed E-state index contributed by atoms with van der Waals surface area (Å²) in [5.74, 6) is 0.480. The Bertz CT molecular complexity index is 1090. The third kappa shape index (κ3) is 4.06. The average Bonchev–Trinajstić information content (AvgIpc) is 2.70. The molecule has 0 saturated carbocycles. The zero-order chi connectivity index (χ0) is 22.1. The van der Waals surface area contributed by atoms with Crippen LogP contribution in [0.5, 0.6) is 5.75 Å². The van der Waals surface area contributed by atoms with E-state index >= 15 is 0 Å². The molecular formula is C21H24N4O4S. The molecule has 0 bridgehead atoms. The summed E-state index contributed by atoms with van der Waals surface area (Å²) in [7, 11) is 1.88. The summed E-state index contributed by atoms with van der Waals surface area (Å²) >= 11 is 5.43. The molecular weight excluding hydrogens is 404 g/mol. The van der Waals surface area contributed by atoms with Gasteiger partial charge in [0.1, 0.15) is 11.4 Å². The summed E-state index contributed by atoms with van der Waals surface area (Å²) in [6.45, 7) is 6.84. The highest BCUT2D eigenvalue weighted by Gasteiger charge is 2.37. The Morgan fingerprint density at radius 3 is 2.70 bits per heavy atom. The average molecular weight is 429 g/mol. The number of thiocarbonyl (C=S) groups is 1. The predicted molar refractivity (Wildman–Crippen MR) is 120 cm³/mol. The molecule has 0 spiro atoms. The van der Waals surface area contributed by atoms with Gasteiger partial charge < -0.3 is 15.0 Å². The molecule has 1 aliphatic rings. The molecule has 1 aromatic carbocycles.